The van der Waals surface area contributed by atoms with E-state index in [4.69, 9.17) is 19.0 Å². The van der Waals surface area contributed by atoms with Gasteiger partial charge in [-0.2, -0.15) is 0 Å². The Kier molecular flexibility index (Phi) is 8.75. The van der Waals surface area contributed by atoms with Gasteiger partial charge in [-0.25, -0.2) is 9.37 Å². The highest BCUT2D eigenvalue weighted by Crippen LogP contribution is 2.45. The highest BCUT2D eigenvalue weighted by molar-refractivity contribution is 5.88. The van der Waals surface area contributed by atoms with Crippen LogP contribution in [0.4, 0.5) is 4.39 Å². The average molecular weight is 512 g/mol. The van der Waals surface area contributed by atoms with Gasteiger partial charge >= 0.3 is 5.97 Å². The Labute approximate surface area is 210 Å². The van der Waals surface area contributed by atoms with Crippen molar-refractivity contribution in [3.8, 4) is 0 Å². The predicted octanol–water partition coefficient (Wildman–Crippen LogP) is 3.10. The highest BCUT2D eigenvalue weighted by Gasteiger charge is 2.53. The number of hydrogen-bond acceptors (Lipinski definition) is 9. The minimum absolute atomic E-state index is 0.0192. The first kappa shape index (κ1) is 28.4. The van der Waals surface area contributed by atoms with E-state index in [1.807, 2.05) is 13.8 Å². The maximum absolute atomic E-state index is 15.3. The Hall–Kier alpha value is -2.14. The number of aliphatic hydroxyl groups is 3. The van der Waals surface area contributed by atoms with Gasteiger partial charge in [-0.15, -0.1) is 0 Å². The zero-order chi connectivity index (χ0) is 26.8. The summed E-state index contributed by atoms with van der Waals surface area (Å²) in [5.74, 6) is -2.89. The van der Waals surface area contributed by atoms with Gasteiger partial charge in [0, 0.05) is 18.4 Å². The number of rotatable bonds is 3. The molecule has 3 rings (SSSR count). The number of carbonyl (C=O) groups is 2. The van der Waals surface area contributed by atoms with Crippen LogP contribution < -0.4 is 0 Å². The molecule has 0 aliphatic carbocycles. The molecule has 0 unspecified atom stereocenters. The van der Waals surface area contributed by atoms with Crippen molar-refractivity contribution in [2.45, 2.75) is 103 Å². The summed E-state index contributed by atoms with van der Waals surface area (Å²) in [6.45, 7) is 8.02. The molecule has 1 aromatic heterocycles. The minimum Gasteiger partial charge on any atom is -0.455 e. The fourth-order valence-electron chi connectivity index (χ4n) is 4.88. The molecule has 9 nitrogen and oxygen atoms in total. The molecule has 0 spiro atoms. The number of ether oxygens (including phenoxy) is 2. The lowest BCUT2D eigenvalue weighted by atomic mass is 9.73. The molecule has 0 amide bonds. The van der Waals surface area contributed by atoms with Gasteiger partial charge in [0.15, 0.2) is 6.10 Å². The van der Waals surface area contributed by atoms with Crippen molar-refractivity contribution in [1.82, 2.24) is 4.98 Å². The van der Waals surface area contributed by atoms with Gasteiger partial charge in [-0.1, -0.05) is 34.1 Å². The van der Waals surface area contributed by atoms with E-state index in [1.165, 1.54) is 20.1 Å². The number of aromatic nitrogens is 1. The normalized spacial score (nSPS) is 36.8. The van der Waals surface area contributed by atoms with Crippen LogP contribution >= 0.6 is 0 Å². The number of aliphatic hydroxyl groups excluding tert-OH is 3. The molecule has 0 bridgehead atoms. The van der Waals surface area contributed by atoms with Crippen molar-refractivity contribution < 1.29 is 43.2 Å². The SMILES string of the molecule is C[C@H]1CCC[C@@]2(C)O[C@H]2C[C@@H](/C(F)=C/c2coc(CO)n2)OC(=O)C[C@H](O)C(C)(C)C(=O)[C@H](C)[C@H]1O. The minimum atomic E-state index is -1.40. The van der Waals surface area contributed by atoms with Crippen molar-refractivity contribution >= 4 is 17.8 Å². The third kappa shape index (κ3) is 6.40. The molecule has 7 atom stereocenters. The van der Waals surface area contributed by atoms with E-state index in [9.17, 15) is 19.8 Å². The first-order valence-electron chi connectivity index (χ1n) is 12.5. The molecule has 0 aromatic carbocycles. The molecule has 36 heavy (non-hydrogen) atoms. The second kappa shape index (κ2) is 11.1. The monoisotopic (exact) mass is 511 g/mol. The largest absolute Gasteiger partial charge is 0.455 e. The Morgan fingerprint density at radius 2 is 1.94 bits per heavy atom. The number of Topliss-reactive ketones (excluding diaryl/α,β-unsaturated/α-hetero) is 1. The number of fused-ring (bicyclic) bond motifs is 1. The molecule has 2 aliphatic rings. The van der Waals surface area contributed by atoms with Crippen molar-refractivity contribution in [2.75, 3.05) is 0 Å². The lowest BCUT2D eigenvalue weighted by Gasteiger charge is -2.34. The lowest BCUT2D eigenvalue weighted by molar-refractivity contribution is -0.155. The molecule has 10 heteroatoms. The van der Waals surface area contributed by atoms with E-state index in [0.29, 0.717) is 12.8 Å². The molecule has 1 aromatic rings. The molecule has 2 saturated heterocycles. The standard InChI is InChI=1S/C26H38FNO8/c1-14-7-6-8-26(5)20(36-26)10-18(17(27)9-16-13-34-21(12-29)28-16)35-22(31)11-19(30)25(3,4)24(33)15(2)23(14)32/h9,13-15,18-20,23,29-30,32H,6-8,10-12H2,1-5H3/b17-9-/t14-,15+,18-,19-,20-,23-,26+/m0/s1. The smallest absolute Gasteiger partial charge is 0.309 e. The summed E-state index contributed by atoms with van der Waals surface area (Å²) in [5, 5.41) is 30.6. The predicted molar refractivity (Wildman–Crippen MR) is 127 cm³/mol. The van der Waals surface area contributed by atoms with Crippen LogP contribution in [0.25, 0.3) is 6.08 Å². The number of esters is 1. The number of hydrogen-bond donors (Lipinski definition) is 3. The van der Waals surface area contributed by atoms with E-state index in [1.54, 1.807) is 6.92 Å². The lowest BCUT2D eigenvalue weighted by Crippen LogP contribution is -2.45. The van der Waals surface area contributed by atoms with Gasteiger partial charge < -0.3 is 29.2 Å². The van der Waals surface area contributed by atoms with Crippen LogP contribution in [0.3, 0.4) is 0 Å². The summed E-state index contributed by atoms with van der Waals surface area (Å²) in [6.07, 6.45) is -0.105. The summed E-state index contributed by atoms with van der Waals surface area (Å²) < 4.78 is 31.6. The van der Waals surface area contributed by atoms with E-state index in [0.717, 1.165) is 12.5 Å². The van der Waals surface area contributed by atoms with Crippen molar-refractivity contribution in [2.24, 2.45) is 17.3 Å². The van der Waals surface area contributed by atoms with E-state index >= 15 is 4.39 Å². The Morgan fingerprint density at radius 3 is 2.58 bits per heavy atom. The number of cyclic esters (lactones) is 1. The van der Waals surface area contributed by atoms with Crippen LogP contribution in [0, 0.1) is 17.3 Å². The summed E-state index contributed by atoms with van der Waals surface area (Å²) in [4.78, 5) is 29.8. The first-order valence-corrected chi connectivity index (χ1v) is 12.5. The molecular weight excluding hydrogens is 473 g/mol. The molecule has 202 valence electrons. The second-order valence-electron chi connectivity index (χ2n) is 10.9. The number of nitrogens with zero attached hydrogens (tertiary/aromatic N) is 1. The van der Waals surface area contributed by atoms with Crippen LogP contribution in [0.5, 0.6) is 0 Å². The Bertz CT molecular complexity index is 975. The number of oxazole rings is 1. The summed E-state index contributed by atoms with van der Waals surface area (Å²) in [6, 6.07) is 0. The fraction of sp³-hybridized carbons (Fsp3) is 0.731. The van der Waals surface area contributed by atoms with E-state index in [2.05, 4.69) is 4.98 Å². The second-order valence-corrected chi connectivity index (χ2v) is 10.9. The van der Waals surface area contributed by atoms with Crippen LogP contribution in [0.15, 0.2) is 16.5 Å². The van der Waals surface area contributed by atoms with Gasteiger partial charge in [-0.3, -0.25) is 9.59 Å². The fourth-order valence-corrected chi connectivity index (χ4v) is 4.88. The van der Waals surface area contributed by atoms with Crippen LogP contribution in [0.2, 0.25) is 0 Å². The quantitative estimate of drug-likeness (QED) is 0.412. The summed E-state index contributed by atoms with van der Waals surface area (Å²) in [5.41, 5.74) is -1.74. The number of halogens is 1. The third-order valence-corrected chi connectivity index (χ3v) is 7.70. The summed E-state index contributed by atoms with van der Waals surface area (Å²) >= 11 is 0. The number of carbonyl (C=O) groups excluding carboxylic acids is 2. The van der Waals surface area contributed by atoms with Gasteiger partial charge in [-0.05, 0) is 25.7 Å². The molecule has 2 fully saturated rings. The van der Waals surface area contributed by atoms with Gasteiger partial charge in [0.1, 0.15) is 30.2 Å². The Morgan fingerprint density at radius 1 is 1.25 bits per heavy atom. The molecule has 3 N–H and O–H groups in total. The topological polar surface area (TPSA) is 143 Å². The molecule has 0 saturated carbocycles. The molecule has 3 heterocycles. The number of ketones is 1. The molecule has 0 radical (unpaired) electrons. The highest BCUT2D eigenvalue weighted by atomic mass is 19.1. The van der Waals surface area contributed by atoms with Gasteiger partial charge in [0.2, 0.25) is 5.89 Å². The summed E-state index contributed by atoms with van der Waals surface area (Å²) in [7, 11) is 0. The van der Waals surface area contributed by atoms with Gasteiger partial charge in [0.25, 0.3) is 0 Å². The van der Waals surface area contributed by atoms with Gasteiger partial charge in [0.05, 0.1) is 35.7 Å². The third-order valence-electron chi connectivity index (χ3n) is 7.70. The van der Waals surface area contributed by atoms with Crippen molar-refractivity contribution in [1.29, 1.82) is 0 Å². The van der Waals surface area contributed by atoms with E-state index in [-0.39, 0.29) is 35.8 Å². The average Bonchev–Trinajstić information content (AvgIpc) is 3.23. The van der Waals surface area contributed by atoms with Crippen LogP contribution in [0.1, 0.15) is 78.3 Å². The van der Waals surface area contributed by atoms with Crippen molar-refractivity contribution in [3.63, 3.8) is 0 Å². The number of epoxide rings is 1. The maximum atomic E-state index is 15.3. The molecular formula is C26H38FNO8. The molecule has 2 aliphatic heterocycles. The maximum Gasteiger partial charge on any atom is 0.309 e. The van der Waals surface area contributed by atoms with E-state index < -0.39 is 60.1 Å². The zero-order valence-electron chi connectivity index (χ0n) is 21.6. The zero-order valence-corrected chi connectivity index (χ0v) is 21.6. The van der Waals surface area contributed by atoms with Crippen LogP contribution in [-0.2, 0) is 25.7 Å². The Balaban J connectivity index is 1.85. The van der Waals surface area contributed by atoms with Crippen LogP contribution in [-0.4, -0.2) is 62.1 Å². The first-order chi connectivity index (χ1) is 16.8. The van der Waals surface area contributed by atoms with Crippen molar-refractivity contribution in [3.05, 3.63) is 23.7 Å².